The van der Waals surface area contributed by atoms with E-state index in [2.05, 4.69) is 5.32 Å². The standard InChI is InChI=1S/C16H28N2O4.ClH/c1-21-16(20)13(11-5-7-22-8-6-11)10-18-15(19)9-12-3-2-4-14(12)17;/h11-14H,2-10,17H2,1H3,(H,18,19);1H/t12-,13?,14+;/m0./s1. The van der Waals surface area contributed by atoms with E-state index < -0.39 is 0 Å². The van der Waals surface area contributed by atoms with Gasteiger partial charge in [-0.05, 0) is 37.5 Å². The number of esters is 1. The zero-order chi connectivity index (χ0) is 15.9. The second kappa shape index (κ2) is 10.1. The van der Waals surface area contributed by atoms with Crippen molar-refractivity contribution in [1.82, 2.24) is 5.32 Å². The molecular weight excluding hydrogens is 320 g/mol. The molecule has 0 spiro atoms. The molecule has 0 bridgehead atoms. The Balaban J connectivity index is 0.00000264. The van der Waals surface area contributed by atoms with E-state index in [0.717, 1.165) is 32.1 Å². The first-order chi connectivity index (χ1) is 10.6. The number of carbonyl (C=O) groups excluding carboxylic acids is 2. The zero-order valence-corrected chi connectivity index (χ0v) is 14.6. The summed E-state index contributed by atoms with van der Waals surface area (Å²) in [6.45, 7) is 1.68. The maximum Gasteiger partial charge on any atom is 0.310 e. The summed E-state index contributed by atoms with van der Waals surface area (Å²) in [6.07, 6.45) is 5.26. The summed E-state index contributed by atoms with van der Waals surface area (Å²) < 4.78 is 10.2. The second-order valence-electron chi connectivity index (χ2n) is 6.44. The number of halogens is 1. The number of ether oxygens (including phenoxy) is 2. The van der Waals surface area contributed by atoms with E-state index in [1.807, 2.05) is 0 Å². The van der Waals surface area contributed by atoms with Crippen LogP contribution in [0.1, 0.15) is 38.5 Å². The molecule has 1 heterocycles. The van der Waals surface area contributed by atoms with E-state index >= 15 is 0 Å². The molecule has 0 aromatic rings. The minimum atomic E-state index is -0.282. The number of amides is 1. The fraction of sp³-hybridized carbons (Fsp3) is 0.875. The first-order valence-corrected chi connectivity index (χ1v) is 8.29. The van der Waals surface area contributed by atoms with E-state index in [-0.39, 0.29) is 48.1 Å². The smallest absolute Gasteiger partial charge is 0.310 e. The van der Waals surface area contributed by atoms with Gasteiger partial charge in [-0.1, -0.05) is 6.42 Å². The predicted molar refractivity (Wildman–Crippen MR) is 89.2 cm³/mol. The van der Waals surface area contributed by atoms with Gasteiger partial charge < -0.3 is 20.5 Å². The zero-order valence-electron chi connectivity index (χ0n) is 13.8. The molecule has 2 fully saturated rings. The van der Waals surface area contributed by atoms with Crippen LogP contribution in [0, 0.1) is 17.8 Å². The third kappa shape index (κ3) is 5.94. The Morgan fingerprint density at radius 2 is 1.96 bits per heavy atom. The Labute approximate surface area is 144 Å². The molecular formula is C16H29ClN2O4. The minimum Gasteiger partial charge on any atom is -0.469 e. The fourth-order valence-electron chi connectivity index (χ4n) is 3.57. The lowest BCUT2D eigenvalue weighted by molar-refractivity contribution is -0.148. The Bertz CT molecular complexity index is 388. The van der Waals surface area contributed by atoms with Crippen LogP contribution < -0.4 is 11.1 Å². The van der Waals surface area contributed by atoms with Crippen molar-refractivity contribution >= 4 is 24.3 Å². The van der Waals surface area contributed by atoms with Crippen LogP contribution in [0.25, 0.3) is 0 Å². The van der Waals surface area contributed by atoms with Crippen LogP contribution in [-0.4, -0.2) is 44.8 Å². The molecule has 2 aliphatic rings. The van der Waals surface area contributed by atoms with Crippen LogP contribution in [0.5, 0.6) is 0 Å². The second-order valence-corrected chi connectivity index (χ2v) is 6.44. The van der Waals surface area contributed by atoms with E-state index in [1.165, 1.54) is 7.11 Å². The number of rotatable bonds is 6. The van der Waals surface area contributed by atoms with Crippen molar-refractivity contribution in [3.63, 3.8) is 0 Å². The van der Waals surface area contributed by atoms with Gasteiger partial charge in [0.25, 0.3) is 0 Å². The monoisotopic (exact) mass is 348 g/mol. The van der Waals surface area contributed by atoms with E-state index in [1.54, 1.807) is 0 Å². The Hall–Kier alpha value is -0.850. The van der Waals surface area contributed by atoms with Gasteiger partial charge in [-0.3, -0.25) is 9.59 Å². The summed E-state index contributed by atoms with van der Waals surface area (Å²) in [5, 5.41) is 2.91. The summed E-state index contributed by atoms with van der Waals surface area (Å²) in [5.41, 5.74) is 6.00. The summed E-state index contributed by atoms with van der Waals surface area (Å²) in [5.74, 6) is -0.0434. The highest BCUT2D eigenvalue weighted by molar-refractivity contribution is 5.85. The molecule has 3 N–H and O–H groups in total. The summed E-state index contributed by atoms with van der Waals surface area (Å²) >= 11 is 0. The van der Waals surface area contributed by atoms with Crippen molar-refractivity contribution < 1.29 is 19.1 Å². The first-order valence-electron chi connectivity index (χ1n) is 8.29. The van der Waals surface area contributed by atoms with Gasteiger partial charge in [0.1, 0.15) is 0 Å². The molecule has 0 aromatic carbocycles. The van der Waals surface area contributed by atoms with Crippen LogP contribution in [-0.2, 0) is 19.1 Å². The average Bonchev–Trinajstić information content (AvgIpc) is 2.93. The van der Waals surface area contributed by atoms with Gasteiger partial charge >= 0.3 is 5.97 Å². The maximum atomic E-state index is 12.1. The highest BCUT2D eigenvalue weighted by Crippen LogP contribution is 2.27. The average molecular weight is 349 g/mol. The normalized spacial score (nSPS) is 26.2. The molecule has 1 amide bonds. The van der Waals surface area contributed by atoms with Gasteiger partial charge in [-0.15, -0.1) is 12.4 Å². The van der Waals surface area contributed by atoms with Crippen molar-refractivity contribution in [3.05, 3.63) is 0 Å². The molecule has 1 aliphatic heterocycles. The summed E-state index contributed by atoms with van der Waals surface area (Å²) in [4.78, 5) is 24.1. The van der Waals surface area contributed by atoms with Gasteiger partial charge in [0, 0.05) is 32.2 Å². The van der Waals surface area contributed by atoms with Crippen molar-refractivity contribution in [2.24, 2.45) is 23.5 Å². The van der Waals surface area contributed by atoms with E-state index in [4.69, 9.17) is 15.2 Å². The third-order valence-electron chi connectivity index (χ3n) is 5.02. The van der Waals surface area contributed by atoms with Gasteiger partial charge in [0.05, 0.1) is 13.0 Å². The number of hydrogen-bond acceptors (Lipinski definition) is 5. The van der Waals surface area contributed by atoms with Crippen molar-refractivity contribution in [2.75, 3.05) is 26.9 Å². The molecule has 1 unspecified atom stereocenters. The lowest BCUT2D eigenvalue weighted by atomic mass is 9.86. The van der Waals surface area contributed by atoms with Gasteiger partial charge in [-0.25, -0.2) is 0 Å². The van der Waals surface area contributed by atoms with Crippen LogP contribution in [0.2, 0.25) is 0 Å². The molecule has 23 heavy (non-hydrogen) atoms. The molecule has 1 saturated carbocycles. The van der Waals surface area contributed by atoms with Crippen LogP contribution >= 0.6 is 12.4 Å². The van der Waals surface area contributed by atoms with Gasteiger partial charge in [-0.2, -0.15) is 0 Å². The van der Waals surface area contributed by atoms with Gasteiger partial charge in [0.15, 0.2) is 0 Å². The quantitative estimate of drug-likeness (QED) is 0.705. The van der Waals surface area contributed by atoms with Gasteiger partial charge in [0.2, 0.25) is 5.91 Å². The molecule has 1 aliphatic carbocycles. The fourth-order valence-corrected chi connectivity index (χ4v) is 3.57. The number of nitrogens with two attached hydrogens (primary N) is 1. The number of carbonyl (C=O) groups is 2. The third-order valence-corrected chi connectivity index (χ3v) is 5.02. The summed E-state index contributed by atoms with van der Waals surface area (Å²) in [6, 6.07) is 0.137. The number of methoxy groups -OCH3 is 1. The SMILES string of the molecule is COC(=O)C(CNC(=O)C[C@@H]1CCC[C@H]1N)C1CCOCC1.Cl. The Morgan fingerprint density at radius 1 is 1.26 bits per heavy atom. The highest BCUT2D eigenvalue weighted by atomic mass is 35.5. The largest absolute Gasteiger partial charge is 0.469 e. The van der Waals surface area contributed by atoms with E-state index in [9.17, 15) is 9.59 Å². The van der Waals surface area contributed by atoms with Crippen molar-refractivity contribution in [2.45, 2.75) is 44.6 Å². The number of hydrogen-bond donors (Lipinski definition) is 2. The minimum absolute atomic E-state index is 0. The highest BCUT2D eigenvalue weighted by Gasteiger charge is 2.32. The molecule has 0 aromatic heterocycles. The predicted octanol–water partition coefficient (Wildman–Crippen LogP) is 1.26. The summed E-state index contributed by atoms with van der Waals surface area (Å²) in [7, 11) is 1.40. The molecule has 3 atom stereocenters. The lowest BCUT2D eigenvalue weighted by Gasteiger charge is -2.28. The molecule has 6 nitrogen and oxygen atoms in total. The Morgan fingerprint density at radius 3 is 2.52 bits per heavy atom. The van der Waals surface area contributed by atoms with Crippen LogP contribution in [0.4, 0.5) is 0 Å². The first kappa shape index (κ1) is 20.2. The molecule has 1 saturated heterocycles. The number of nitrogens with one attached hydrogen (secondary N) is 1. The van der Waals surface area contributed by atoms with Crippen LogP contribution in [0.15, 0.2) is 0 Å². The maximum absolute atomic E-state index is 12.1. The van der Waals surface area contributed by atoms with Crippen molar-refractivity contribution in [3.8, 4) is 0 Å². The molecule has 0 radical (unpaired) electrons. The Kier molecular flexibility index (Phi) is 8.87. The van der Waals surface area contributed by atoms with Crippen molar-refractivity contribution in [1.29, 1.82) is 0 Å². The molecule has 2 rings (SSSR count). The lowest BCUT2D eigenvalue weighted by Crippen LogP contribution is -2.40. The van der Waals surface area contributed by atoms with E-state index in [0.29, 0.717) is 26.2 Å². The van der Waals surface area contributed by atoms with Crippen LogP contribution in [0.3, 0.4) is 0 Å². The topological polar surface area (TPSA) is 90.7 Å². The molecule has 7 heteroatoms. The molecule has 134 valence electrons.